The lowest BCUT2D eigenvalue weighted by Gasteiger charge is -2.28. The van der Waals surface area contributed by atoms with Gasteiger partial charge in [0.25, 0.3) is 0 Å². The van der Waals surface area contributed by atoms with Crippen LogP contribution in [0.15, 0.2) is 0 Å². The molecule has 0 fully saturated rings. The fourth-order valence-electron chi connectivity index (χ4n) is 1.01. The SMILES string of the molecule is CCNC(=O)CCC(C)(C)C(C)C. The Bertz CT molecular complexity index is 161. The fraction of sp³-hybridized carbons (Fsp3) is 0.909. The highest BCUT2D eigenvalue weighted by molar-refractivity contribution is 5.75. The van der Waals surface area contributed by atoms with Crippen molar-refractivity contribution in [1.29, 1.82) is 0 Å². The predicted octanol–water partition coefficient (Wildman–Crippen LogP) is 2.58. The smallest absolute Gasteiger partial charge is 0.220 e. The zero-order valence-electron chi connectivity index (χ0n) is 9.61. The first-order valence-electron chi connectivity index (χ1n) is 5.17. The quantitative estimate of drug-likeness (QED) is 0.701. The Morgan fingerprint density at radius 3 is 2.31 bits per heavy atom. The number of nitrogens with one attached hydrogen (secondary N) is 1. The van der Waals surface area contributed by atoms with Crippen LogP contribution >= 0.6 is 0 Å². The second-order valence-corrected chi connectivity index (χ2v) is 4.60. The van der Waals surface area contributed by atoms with Gasteiger partial charge in [-0.25, -0.2) is 0 Å². The van der Waals surface area contributed by atoms with Gasteiger partial charge in [0.15, 0.2) is 0 Å². The standard InChI is InChI=1S/C11H23NO/c1-6-12-10(13)7-8-11(4,5)9(2)3/h9H,6-8H2,1-5H3,(H,12,13). The van der Waals surface area contributed by atoms with E-state index in [0.29, 0.717) is 12.3 Å². The molecule has 2 nitrogen and oxygen atoms in total. The van der Waals surface area contributed by atoms with Crippen molar-refractivity contribution >= 4 is 5.91 Å². The molecule has 0 bridgehead atoms. The number of carbonyl (C=O) groups excluding carboxylic acids is 1. The van der Waals surface area contributed by atoms with Crippen molar-refractivity contribution in [2.24, 2.45) is 11.3 Å². The van der Waals surface area contributed by atoms with E-state index in [1.54, 1.807) is 0 Å². The van der Waals surface area contributed by atoms with Gasteiger partial charge in [-0.05, 0) is 24.7 Å². The minimum Gasteiger partial charge on any atom is -0.356 e. The summed E-state index contributed by atoms with van der Waals surface area (Å²) in [6, 6.07) is 0. The number of rotatable bonds is 5. The lowest BCUT2D eigenvalue weighted by molar-refractivity contribution is -0.121. The lowest BCUT2D eigenvalue weighted by atomic mass is 9.77. The summed E-state index contributed by atoms with van der Waals surface area (Å²) in [4.78, 5) is 11.2. The molecule has 0 rings (SSSR count). The molecule has 0 radical (unpaired) electrons. The van der Waals surface area contributed by atoms with E-state index >= 15 is 0 Å². The van der Waals surface area contributed by atoms with Crippen molar-refractivity contribution in [1.82, 2.24) is 5.32 Å². The minimum absolute atomic E-state index is 0.177. The molecule has 0 aliphatic heterocycles. The van der Waals surface area contributed by atoms with E-state index < -0.39 is 0 Å². The van der Waals surface area contributed by atoms with E-state index in [4.69, 9.17) is 0 Å². The van der Waals surface area contributed by atoms with E-state index in [1.807, 2.05) is 6.92 Å². The summed E-state index contributed by atoms with van der Waals surface area (Å²) in [5.41, 5.74) is 0.269. The molecular formula is C11H23NO. The molecule has 0 aromatic carbocycles. The second-order valence-electron chi connectivity index (χ2n) is 4.60. The van der Waals surface area contributed by atoms with E-state index in [9.17, 15) is 4.79 Å². The van der Waals surface area contributed by atoms with Gasteiger partial charge in [0.1, 0.15) is 0 Å². The molecule has 0 unspecified atom stereocenters. The second kappa shape index (κ2) is 5.25. The maximum Gasteiger partial charge on any atom is 0.220 e. The molecular weight excluding hydrogens is 162 g/mol. The summed E-state index contributed by atoms with van der Waals surface area (Å²) < 4.78 is 0. The van der Waals surface area contributed by atoms with Crippen molar-refractivity contribution in [2.75, 3.05) is 6.54 Å². The number of hydrogen-bond acceptors (Lipinski definition) is 1. The first kappa shape index (κ1) is 12.5. The summed E-state index contributed by atoms with van der Waals surface area (Å²) in [6.07, 6.45) is 1.62. The Hall–Kier alpha value is -0.530. The van der Waals surface area contributed by atoms with Crippen LogP contribution in [0.2, 0.25) is 0 Å². The molecule has 1 amide bonds. The van der Waals surface area contributed by atoms with Crippen molar-refractivity contribution in [3.63, 3.8) is 0 Å². The summed E-state index contributed by atoms with van der Waals surface area (Å²) >= 11 is 0. The fourth-order valence-corrected chi connectivity index (χ4v) is 1.01. The summed E-state index contributed by atoms with van der Waals surface area (Å²) in [6.45, 7) is 11.5. The molecule has 0 aromatic heterocycles. The topological polar surface area (TPSA) is 29.1 Å². The number of amides is 1. The van der Waals surface area contributed by atoms with Crippen LogP contribution in [-0.4, -0.2) is 12.5 Å². The van der Waals surface area contributed by atoms with Gasteiger partial charge in [0, 0.05) is 13.0 Å². The molecule has 0 saturated heterocycles. The Balaban J connectivity index is 3.81. The molecule has 78 valence electrons. The van der Waals surface area contributed by atoms with Crippen LogP contribution in [-0.2, 0) is 4.79 Å². The van der Waals surface area contributed by atoms with Crippen molar-refractivity contribution in [3.8, 4) is 0 Å². The van der Waals surface area contributed by atoms with Gasteiger partial charge in [-0.15, -0.1) is 0 Å². The Morgan fingerprint density at radius 1 is 1.38 bits per heavy atom. The van der Waals surface area contributed by atoms with Crippen LogP contribution in [0.5, 0.6) is 0 Å². The molecule has 0 aliphatic rings. The highest BCUT2D eigenvalue weighted by Crippen LogP contribution is 2.31. The van der Waals surface area contributed by atoms with Gasteiger partial charge in [-0.2, -0.15) is 0 Å². The Kier molecular flexibility index (Phi) is 5.04. The van der Waals surface area contributed by atoms with E-state index in [0.717, 1.165) is 13.0 Å². The average Bonchev–Trinajstić information content (AvgIpc) is 2.01. The van der Waals surface area contributed by atoms with Gasteiger partial charge in [0.05, 0.1) is 0 Å². The zero-order valence-corrected chi connectivity index (χ0v) is 9.61. The molecule has 0 aliphatic carbocycles. The summed E-state index contributed by atoms with van der Waals surface area (Å²) in [7, 11) is 0. The maximum atomic E-state index is 11.2. The molecule has 0 spiro atoms. The first-order chi connectivity index (χ1) is 5.90. The molecule has 0 aromatic rings. The third kappa shape index (κ3) is 4.91. The highest BCUT2D eigenvalue weighted by Gasteiger charge is 2.22. The largest absolute Gasteiger partial charge is 0.356 e. The third-order valence-electron chi connectivity index (χ3n) is 2.93. The third-order valence-corrected chi connectivity index (χ3v) is 2.93. The summed E-state index contributed by atoms with van der Waals surface area (Å²) in [5.74, 6) is 0.804. The molecule has 2 heteroatoms. The Morgan fingerprint density at radius 2 is 1.92 bits per heavy atom. The van der Waals surface area contributed by atoms with Crippen LogP contribution < -0.4 is 5.32 Å². The first-order valence-corrected chi connectivity index (χ1v) is 5.17. The number of hydrogen-bond donors (Lipinski definition) is 1. The minimum atomic E-state index is 0.177. The van der Waals surface area contributed by atoms with Gasteiger partial charge >= 0.3 is 0 Å². The highest BCUT2D eigenvalue weighted by atomic mass is 16.1. The molecule has 13 heavy (non-hydrogen) atoms. The maximum absolute atomic E-state index is 11.2. The van der Waals surface area contributed by atoms with Crippen molar-refractivity contribution in [3.05, 3.63) is 0 Å². The predicted molar refractivity (Wildman–Crippen MR) is 56.5 cm³/mol. The van der Waals surface area contributed by atoms with Crippen molar-refractivity contribution < 1.29 is 4.79 Å². The van der Waals surface area contributed by atoms with E-state index in [1.165, 1.54) is 0 Å². The monoisotopic (exact) mass is 185 g/mol. The van der Waals surface area contributed by atoms with E-state index in [-0.39, 0.29) is 11.3 Å². The molecule has 0 saturated carbocycles. The number of carbonyl (C=O) groups is 1. The normalized spacial score (nSPS) is 11.8. The molecule has 0 atom stereocenters. The van der Waals surface area contributed by atoms with Crippen molar-refractivity contribution in [2.45, 2.75) is 47.5 Å². The lowest BCUT2D eigenvalue weighted by Crippen LogP contribution is -2.26. The van der Waals surface area contributed by atoms with Crippen LogP contribution in [0.25, 0.3) is 0 Å². The zero-order chi connectivity index (χ0) is 10.5. The van der Waals surface area contributed by atoms with Gasteiger partial charge in [-0.3, -0.25) is 4.79 Å². The van der Waals surface area contributed by atoms with Crippen LogP contribution in [0.1, 0.15) is 47.5 Å². The van der Waals surface area contributed by atoms with E-state index in [2.05, 4.69) is 33.0 Å². The van der Waals surface area contributed by atoms with Crippen LogP contribution in [0, 0.1) is 11.3 Å². The van der Waals surface area contributed by atoms with Crippen LogP contribution in [0.4, 0.5) is 0 Å². The summed E-state index contributed by atoms with van der Waals surface area (Å²) in [5, 5.41) is 2.82. The Labute approximate surface area is 82.1 Å². The van der Waals surface area contributed by atoms with Gasteiger partial charge in [-0.1, -0.05) is 27.7 Å². The average molecular weight is 185 g/mol. The van der Waals surface area contributed by atoms with Crippen LogP contribution in [0.3, 0.4) is 0 Å². The molecule has 0 heterocycles. The molecule has 1 N–H and O–H groups in total. The van der Waals surface area contributed by atoms with Gasteiger partial charge < -0.3 is 5.32 Å². The van der Waals surface area contributed by atoms with Gasteiger partial charge in [0.2, 0.25) is 5.91 Å².